The van der Waals surface area contributed by atoms with Crippen LogP contribution < -0.4 is 10.2 Å². The van der Waals surface area contributed by atoms with Crippen LogP contribution in [0.1, 0.15) is 52.9 Å². The number of hydrogen-bond donors (Lipinski definition) is 1. The van der Waals surface area contributed by atoms with Crippen LogP contribution in [0.15, 0.2) is 30.7 Å². The van der Waals surface area contributed by atoms with E-state index in [1.807, 2.05) is 39.1 Å². The first-order valence-electron chi connectivity index (χ1n) is 11.7. The maximum Gasteiger partial charge on any atom is 0.410 e. The van der Waals surface area contributed by atoms with Gasteiger partial charge in [0.2, 0.25) is 0 Å². The Morgan fingerprint density at radius 1 is 1.09 bits per heavy atom. The second-order valence-corrected chi connectivity index (χ2v) is 9.62. The molecule has 4 heterocycles. The summed E-state index contributed by atoms with van der Waals surface area (Å²) in [5, 5.41) is 3.62. The van der Waals surface area contributed by atoms with Crippen molar-refractivity contribution < 1.29 is 9.53 Å². The van der Waals surface area contributed by atoms with Crippen molar-refractivity contribution in [3.05, 3.63) is 30.7 Å². The average Bonchev–Trinajstić information content (AvgIpc) is 2.79. The van der Waals surface area contributed by atoms with Crippen molar-refractivity contribution in [3.63, 3.8) is 0 Å². The fraction of sp³-hybridized carbons (Fsp3) is 0.583. The molecule has 2 aromatic rings. The number of carbonyl (C=O) groups excluding carboxylic acids is 1. The van der Waals surface area contributed by atoms with E-state index in [0.717, 1.165) is 55.4 Å². The summed E-state index contributed by atoms with van der Waals surface area (Å²) in [5.41, 5.74) is 1.30. The quantitative estimate of drug-likeness (QED) is 0.760. The number of carbonyl (C=O) groups is 1. The molecular formula is C24H34N6O2. The first kappa shape index (κ1) is 22.3. The number of nitrogens with one attached hydrogen (secondary N) is 1. The number of anilines is 2. The molecule has 0 spiro atoms. The topological polar surface area (TPSA) is 83.5 Å². The minimum absolute atomic E-state index is 0.0989. The number of hydrogen-bond acceptors (Lipinski definition) is 7. The van der Waals surface area contributed by atoms with E-state index in [9.17, 15) is 4.79 Å². The van der Waals surface area contributed by atoms with Crippen molar-refractivity contribution in [2.24, 2.45) is 0 Å². The van der Waals surface area contributed by atoms with Gasteiger partial charge >= 0.3 is 6.09 Å². The monoisotopic (exact) mass is 438 g/mol. The van der Waals surface area contributed by atoms with E-state index in [1.54, 1.807) is 17.3 Å². The van der Waals surface area contributed by atoms with Gasteiger partial charge in [0, 0.05) is 50.2 Å². The summed E-state index contributed by atoms with van der Waals surface area (Å²) in [4.78, 5) is 30.6. The predicted octanol–water partition coefficient (Wildman–Crippen LogP) is 4.34. The van der Waals surface area contributed by atoms with E-state index in [-0.39, 0.29) is 12.1 Å². The predicted molar refractivity (Wildman–Crippen MR) is 126 cm³/mol. The smallest absolute Gasteiger partial charge is 0.410 e. The summed E-state index contributed by atoms with van der Waals surface area (Å²) in [7, 11) is 0. The standard InChI is InChI=1S/C24H34N6O2/c1-24(2,3)32-23(31)30-15-7-8-19(17-30)27-21-22(29-13-5-4-6-14-29)26-16-20(28-21)18-9-11-25-12-10-18/h9-12,16,19H,4-8,13-15,17H2,1-3H3,(H,27,28). The Labute approximate surface area is 190 Å². The minimum Gasteiger partial charge on any atom is -0.444 e. The van der Waals surface area contributed by atoms with Gasteiger partial charge in [-0.1, -0.05) is 0 Å². The SMILES string of the molecule is CC(C)(C)OC(=O)N1CCCC(Nc2nc(-c3ccncc3)cnc2N2CCCCC2)C1. The van der Waals surface area contributed by atoms with Crippen LogP contribution in [0.3, 0.4) is 0 Å². The molecule has 2 aromatic heterocycles. The summed E-state index contributed by atoms with van der Waals surface area (Å²) in [6, 6.07) is 3.99. The molecule has 172 valence electrons. The largest absolute Gasteiger partial charge is 0.444 e. The van der Waals surface area contributed by atoms with E-state index < -0.39 is 5.60 Å². The Morgan fingerprint density at radius 3 is 2.56 bits per heavy atom. The molecule has 0 aliphatic carbocycles. The Bertz CT molecular complexity index is 908. The highest BCUT2D eigenvalue weighted by atomic mass is 16.6. The number of aromatic nitrogens is 3. The zero-order valence-electron chi connectivity index (χ0n) is 19.4. The normalized spacial score (nSPS) is 19.5. The number of piperidine rings is 2. The molecule has 1 N–H and O–H groups in total. The highest BCUT2D eigenvalue weighted by molar-refractivity contribution is 5.69. The molecule has 32 heavy (non-hydrogen) atoms. The second-order valence-electron chi connectivity index (χ2n) is 9.62. The molecule has 8 heteroatoms. The van der Waals surface area contributed by atoms with Gasteiger partial charge in [-0.25, -0.2) is 14.8 Å². The van der Waals surface area contributed by atoms with Crippen LogP contribution in [0.5, 0.6) is 0 Å². The number of ether oxygens (including phenoxy) is 1. The van der Waals surface area contributed by atoms with Crippen molar-refractivity contribution in [1.82, 2.24) is 19.9 Å². The third kappa shape index (κ3) is 5.66. The van der Waals surface area contributed by atoms with E-state index in [4.69, 9.17) is 14.7 Å². The van der Waals surface area contributed by atoms with E-state index >= 15 is 0 Å². The Hall–Kier alpha value is -2.90. The lowest BCUT2D eigenvalue weighted by Gasteiger charge is -2.35. The molecule has 0 radical (unpaired) electrons. The number of likely N-dealkylation sites (tertiary alicyclic amines) is 1. The highest BCUT2D eigenvalue weighted by Gasteiger charge is 2.29. The Morgan fingerprint density at radius 2 is 1.84 bits per heavy atom. The molecule has 2 aliphatic rings. The molecule has 0 bridgehead atoms. The van der Waals surface area contributed by atoms with Gasteiger partial charge in [0.25, 0.3) is 0 Å². The molecule has 2 saturated heterocycles. The lowest BCUT2D eigenvalue weighted by Crippen LogP contribution is -2.47. The van der Waals surface area contributed by atoms with Crippen molar-refractivity contribution in [2.45, 2.75) is 64.5 Å². The van der Waals surface area contributed by atoms with E-state index in [1.165, 1.54) is 19.3 Å². The molecule has 1 unspecified atom stereocenters. The molecule has 4 rings (SSSR count). The molecule has 1 amide bonds. The Balaban J connectivity index is 1.55. The van der Waals surface area contributed by atoms with Crippen LogP contribution in [0.25, 0.3) is 11.3 Å². The van der Waals surface area contributed by atoms with Crippen molar-refractivity contribution >= 4 is 17.7 Å². The molecule has 8 nitrogen and oxygen atoms in total. The average molecular weight is 439 g/mol. The Kier molecular flexibility index (Phi) is 6.77. The van der Waals surface area contributed by atoms with Crippen LogP contribution in [0, 0.1) is 0 Å². The van der Waals surface area contributed by atoms with Gasteiger partial charge in [-0.2, -0.15) is 0 Å². The number of amides is 1. The van der Waals surface area contributed by atoms with Gasteiger partial charge < -0.3 is 19.9 Å². The summed E-state index contributed by atoms with van der Waals surface area (Å²) >= 11 is 0. The first-order valence-corrected chi connectivity index (χ1v) is 11.7. The summed E-state index contributed by atoms with van der Waals surface area (Å²) in [6.45, 7) is 8.99. The van der Waals surface area contributed by atoms with Crippen LogP contribution in [-0.4, -0.2) is 63.8 Å². The lowest BCUT2D eigenvalue weighted by molar-refractivity contribution is 0.0206. The van der Waals surface area contributed by atoms with Crippen molar-refractivity contribution in [3.8, 4) is 11.3 Å². The van der Waals surface area contributed by atoms with Crippen molar-refractivity contribution in [1.29, 1.82) is 0 Å². The van der Waals surface area contributed by atoms with Crippen molar-refractivity contribution in [2.75, 3.05) is 36.4 Å². The number of nitrogens with zero attached hydrogens (tertiary/aromatic N) is 5. The van der Waals surface area contributed by atoms with Crippen LogP contribution >= 0.6 is 0 Å². The molecule has 0 saturated carbocycles. The van der Waals surface area contributed by atoms with Gasteiger partial charge in [-0.15, -0.1) is 0 Å². The number of pyridine rings is 1. The second kappa shape index (κ2) is 9.71. The zero-order chi connectivity index (χ0) is 22.6. The fourth-order valence-electron chi connectivity index (χ4n) is 4.26. The van der Waals surface area contributed by atoms with E-state index in [0.29, 0.717) is 6.54 Å². The zero-order valence-corrected chi connectivity index (χ0v) is 19.4. The summed E-state index contributed by atoms with van der Waals surface area (Å²) in [5.74, 6) is 1.69. The van der Waals surface area contributed by atoms with Crippen LogP contribution in [0.2, 0.25) is 0 Å². The minimum atomic E-state index is -0.497. The summed E-state index contributed by atoms with van der Waals surface area (Å²) < 4.78 is 5.59. The van der Waals surface area contributed by atoms with Gasteiger partial charge in [0.05, 0.1) is 11.9 Å². The highest BCUT2D eigenvalue weighted by Crippen LogP contribution is 2.29. The van der Waals surface area contributed by atoms with Gasteiger partial charge in [-0.3, -0.25) is 4.98 Å². The maximum absolute atomic E-state index is 12.6. The molecular weight excluding hydrogens is 404 g/mol. The van der Waals surface area contributed by atoms with Gasteiger partial charge in [-0.05, 0) is 65.0 Å². The molecule has 1 atom stereocenters. The number of rotatable bonds is 4. The molecule has 0 aromatic carbocycles. The maximum atomic E-state index is 12.6. The van der Waals surface area contributed by atoms with Gasteiger partial charge in [0.15, 0.2) is 11.6 Å². The summed E-state index contributed by atoms with van der Waals surface area (Å²) in [6.07, 6.45) is 10.6. The first-order chi connectivity index (χ1) is 15.4. The molecule has 2 aliphatic heterocycles. The fourth-order valence-corrected chi connectivity index (χ4v) is 4.26. The third-order valence-electron chi connectivity index (χ3n) is 5.80. The third-order valence-corrected chi connectivity index (χ3v) is 5.80. The van der Waals surface area contributed by atoms with E-state index in [2.05, 4.69) is 15.2 Å². The van der Waals surface area contributed by atoms with Gasteiger partial charge in [0.1, 0.15) is 5.60 Å². The van der Waals surface area contributed by atoms with Crippen LogP contribution in [0.4, 0.5) is 16.4 Å². The molecule has 2 fully saturated rings. The lowest BCUT2D eigenvalue weighted by atomic mass is 10.1. The van der Waals surface area contributed by atoms with Crippen LogP contribution in [-0.2, 0) is 4.74 Å².